The van der Waals surface area contributed by atoms with Crippen LogP contribution in [0.3, 0.4) is 0 Å². The first-order valence-electron chi connectivity index (χ1n) is 8.61. The molecule has 7 heteroatoms. The summed E-state index contributed by atoms with van der Waals surface area (Å²) in [7, 11) is 6.97. The Kier molecular flexibility index (Phi) is 7.51. The molecule has 2 unspecified atom stereocenters. The highest BCUT2D eigenvalue weighted by Crippen LogP contribution is 2.25. The van der Waals surface area contributed by atoms with Crippen LogP contribution in [0.1, 0.15) is 39.5 Å². The van der Waals surface area contributed by atoms with Crippen LogP contribution in [0.25, 0.3) is 0 Å². The van der Waals surface area contributed by atoms with Gasteiger partial charge in [0.25, 0.3) is 0 Å². The fourth-order valence-corrected chi connectivity index (χ4v) is 3.02. The first-order valence-corrected chi connectivity index (χ1v) is 8.61. The molecule has 0 aromatic rings. The smallest absolute Gasteiger partial charge is 0.227 e. The van der Waals surface area contributed by atoms with Gasteiger partial charge in [0.15, 0.2) is 5.96 Å². The largest absolute Gasteiger partial charge is 0.359 e. The van der Waals surface area contributed by atoms with E-state index in [1.54, 1.807) is 33.1 Å². The molecule has 24 heavy (non-hydrogen) atoms. The van der Waals surface area contributed by atoms with Crippen molar-refractivity contribution in [2.24, 2.45) is 16.3 Å². The van der Waals surface area contributed by atoms with Crippen LogP contribution < -0.4 is 16.0 Å². The van der Waals surface area contributed by atoms with Crippen molar-refractivity contribution in [3.8, 4) is 0 Å². The Hall–Kier alpha value is -1.79. The van der Waals surface area contributed by atoms with Crippen LogP contribution in [0.2, 0.25) is 0 Å². The van der Waals surface area contributed by atoms with E-state index in [0.717, 1.165) is 25.7 Å². The number of guanidine groups is 1. The molecule has 1 saturated carbocycles. The molecule has 0 spiro atoms. The second kappa shape index (κ2) is 8.89. The van der Waals surface area contributed by atoms with E-state index in [2.05, 4.69) is 20.9 Å². The van der Waals surface area contributed by atoms with E-state index in [4.69, 9.17) is 0 Å². The molecule has 138 valence electrons. The third kappa shape index (κ3) is 5.69. The number of amides is 2. The van der Waals surface area contributed by atoms with E-state index in [1.165, 1.54) is 0 Å². The van der Waals surface area contributed by atoms with Crippen molar-refractivity contribution in [2.75, 3.05) is 34.7 Å². The van der Waals surface area contributed by atoms with Gasteiger partial charge in [0.05, 0.1) is 5.41 Å². The van der Waals surface area contributed by atoms with Gasteiger partial charge in [-0.3, -0.25) is 14.6 Å². The maximum Gasteiger partial charge on any atom is 0.227 e. The van der Waals surface area contributed by atoms with E-state index in [9.17, 15) is 9.59 Å². The van der Waals surface area contributed by atoms with Gasteiger partial charge in [0, 0.05) is 46.7 Å². The molecule has 1 aliphatic rings. The number of nitrogens with zero attached hydrogens (tertiary/aromatic N) is 2. The average Bonchev–Trinajstić information content (AvgIpc) is 2.57. The van der Waals surface area contributed by atoms with Crippen molar-refractivity contribution in [2.45, 2.75) is 45.6 Å². The summed E-state index contributed by atoms with van der Waals surface area (Å²) in [5.41, 5.74) is -0.525. The van der Waals surface area contributed by atoms with Crippen molar-refractivity contribution in [3.05, 3.63) is 0 Å². The Morgan fingerprint density at radius 2 is 1.92 bits per heavy atom. The standard InChI is InChI=1S/C17H33N5O2/c1-17(2,15(24)18-3)11-20-16(19-4)21-13-9-7-8-12(10-13)14(23)22(5)6/h12-13H,7-11H2,1-6H3,(H,18,24)(H2,19,20,21). The molecule has 0 radical (unpaired) electrons. The lowest BCUT2D eigenvalue weighted by atomic mass is 9.85. The molecule has 2 amide bonds. The number of nitrogens with one attached hydrogen (secondary N) is 3. The summed E-state index contributed by atoms with van der Waals surface area (Å²) in [6, 6.07) is 0.224. The maximum absolute atomic E-state index is 12.2. The summed E-state index contributed by atoms with van der Waals surface area (Å²) < 4.78 is 0. The van der Waals surface area contributed by atoms with Crippen LogP contribution in [0, 0.1) is 11.3 Å². The number of rotatable bonds is 5. The van der Waals surface area contributed by atoms with Gasteiger partial charge < -0.3 is 20.9 Å². The Morgan fingerprint density at radius 1 is 1.25 bits per heavy atom. The van der Waals surface area contributed by atoms with Crippen molar-refractivity contribution in [1.29, 1.82) is 0 Å². The summed E-state index contributed by atoms with van der Waals surface area (Å²) in [6.45, 7) is 4.26. The van der Waals surface area contributed by atoms with Crippen molar-refractivity contribution >= 4 is 17.8 Å². The van der Waals surface area contributed by atoms with Crippen LogP contribution in [0.4, 0.5) is 0 Å². The third-order valence-electron chi connectivity index (χ3n) is 4.57. The average molecular weight is 339 g/mol. The van der Waals surface area contributed by atoms with Gasteiger partial charge in [-0.05, 0) is 33.1 Å². The van der Waals surface area contributed by atoms with Crippen molar-refractivity contribution < 1.29 is 9.59 Å². The van der Waals surface area contributed by atoms with Crippen LogP contribution in [-0.2, 0) is 9.59 Å². The molecule has 0 heterocycles. The molecule has 1 fully saturated rings. The summed E-state index contributed by atoms with van der Waals surface area (Å²) in [4.78, 5) is 29.9. The van der Waals surface area contributed by atoms with E-state index in [1.807, 2.05) is 13.8 Å². The Balaban J connectivity index is 2.56. The molecule has 3 N–H and O–H groups in total. The minimum atomic E-state index is -0.525. The zero-order chi connectivity index (χ0) is 18.3. The summed E-state index contributed by atoms with van der Waals surface area (Å²) in [5, 5.41) is 9.29. The SMILES string of the molecule is CN=C(NCC(C)(C)C(=O)NC)NC1CCCC(C(=O)N(C)C)C1. The van der Waals surface area contributed by atoms with E-state index < -0.39 is 5.41 Å². The molecular formula is C17H33N5O2. The Bertz CT molecular complexity index is 474. The number of hydrogen-bond donors (Lipinski definition) is 3. The molecule has 2 atom stereocenters. The number of hydrogen-bond acceptors (Lipinski definition) is 3. The second-order valence-corrected chi connectivity index (χ2v) is 7.33. The minimum Gasteiger partial charge on any atom is -0.359 e. The maximum atomic E-state index is 12.2. The normalized spacial score (nSPS) is 21.8. The predicted molar refractivity (Wildman–Crippen MR) is 96.8 cm³/mol. The Morgan fingerprint density at radius 3 is 2.46 bits per heavy atom. The van der Waals surface area contributed by atoms with Gasteiger partial charge in [-0.25, -0.2) is 0 Å². The molecular weight excluding hydrogens is 306 g/mol. The third-order valence-corrected chi connectivity index (χ3v) is 4.57. The van der Waals surface area contributed by atoms with E-state index in [0.29, 0.717) is 12.5 Å². The number of aliphatic imine (C=N–C) groups is 1. The van der Waals surface area contributed by atoms with Crippen LogP contribution in [0.5, 0.6) is 0 Å². The molecule has 0 bridgehead atoms. The zero-order valence-electron chi connectivity index (χ0n) is 15.9. The summed E-state index contributed by atoms with van der Waals surface area (Å²) in [5.74, 6) is 0.937. The zero-order valence-corrected chi connectivity index (χ0v) is 15.9. The van der Waals surface area contributed by atoms with Crippen molar-refractivity contribution in [1.82, 2.24) is 20.9 Å². The van der Waals surface area contributed by atoms with Gasteiger partial charge in [-0.1, -0.05) is 6.42 Å². The van der Waals surface area contributed by atoms with Crippen LogP contribution in [0.15, 0.2) is 4.99 Å². The lowest BCUT2D eigenvalue weighted by Crippen LogP contribution is -2.50. The van der Waals surface area contributed by atoms with E-state index >= 15 is 0 Å². The number of carbonyl (C=O) groups excluding carboxylic acids is 2. The molecule has 0 aromatic heterocycles. The predicted octanol–water partition coefficient (Wildman–Crippen LogP) is 0.571. The van der Waals surface area contributed by atoms with Gasteiger partial charge in [-0.2, -0.15) is 0 Å². The summed E-state index contributed by atoms with van der Waals surface area (Å²) in [6.07, 6.45) is 3.82. The molecule has 7 nitrogen and oxygen atoms in total. The Labute approximate surface area is 145 Å². The van der Waals surface area contributed by atoms with E-state index in [-0.39, 0.29) is 23.8 Å². The summed E-state index contributed by atoms with van der Waals surface area (Å²) >= 11 is 0. The molecule has 1 rings (SSSR count). The van der Waals surface area contributed by atoms with Gasteiger partial charge >= 0.3 is 0 Å². The lowest BCUT2D eigenvalue weighted by Gasteiger charge is -2.32. The molecule has 0 saturated heterocycles. The first-order chi connectivity index (χ1) is 11.2. The van der Waals surface area contributed by atoms with Crippen LogP contribution in [-0.4, -0.2) is 63.5 Å². The van der Waals surface area contributed by atoms with Crippen molar-refractivity contribution in [3.63, 3.8) is 0 Å². The highest BCUT2D eigenvalue weighted by Gasteiger charge is 2.30. The monoisotopic (exact) mass is 339 g/mol. The minimum absolute atomic E-state index is 0.0141. The number of carbonyl (C=O) groups is 2. The fourth-order valence-electron chi connectivity index (χ4n) is 3.02. The molecule has 0 aliphatic heterocycles. The highest BCUT2D eigenvalue weighted by atomic mass is 16.2. The topological polar surface area (TPSA) is 85.8 Å². The van der Waals surface area contributed by atoms with Gasteiger partial charge in [0.1, 0.15) is 0 Å². The first kappa shape index (κ1) is 20.3. The lowest BCUT2D eigenvalue weighted by molar-refractivity contribution is -0.134. The van der Waals surface area contributed by atoms with Gasteiger partial charge in [-0.15, -0.1) is 0 Å². The highest BCUT2D eigenvalue weighted by molar-refractivity contribution is 5.84. The van der Waals surface area contributed by atoms with Crippen LogP contribution >= 0.6 is 0 Å². The molecule has 0 aromatic carbocycles. The molecule has 1 aliphatic carbocycles. The fraction of sp³-hybridized carbons (Fsp3) is 0.824. The quantitative estimate of drug-likeness (QED) is 0.505. The second-order valence-electron chi connectivity index (χ2n) is 7.33. The van der Waals surface area contributed by atoms with Gasteiger partial charge in [0.2, 0.25) is 11.8 Å².